The minimum atomic E-state index is -0.496. The van der Waals surface area contributed by atoms with Crippen molar-refractivity contribution in [2.75, 3.05) is 25.0 Å². The molecule has 6 heteroatoms. The molecule has 0 saturated carbocycles. The van der Waals surface area contributed by atoms with Crippen molar-refractivity contribution in [3.63, 3.8) is 0 Å². The molecule has 2 N–H and O–H groups in total. The van der Waals surface area contributed by atoms with Gasteiger partial charge in [0.1, 0.15) is 5.75 Å². The minimum absolute atomic E-state index is 0.0340. The van der Waals surface area contributed by atoms with Crippen LogP contribution in [0.4, 0.5) is 10.5 Å². The number of ether oxygens (including phenoxy) is 1. The predicted molar refractivity (Wildman–Crippen MR) is 93.4 cm³/mol. The molecule has 0 aliphatic heterocycles. The molecule has 0 aromatic heterocycles. The molecule has 0 fully saturated rings. The number of para-hydroxylation sites is 3. The van der Waals surface area contributed by atoms with Crippen molar-refractivity contribution < 1.29 is 14.3 Å². The van der Waals surface area contributed by atoms with E-state index in [-0.39, 0.29) is 6.54 Å². The van der Waals surface area contributed by atoms with E-state index in [1.807, 2.05) is 54.6 Å². The Bertz CT molecular complexity index is 689. The van der Waals surface area contributed by atoms with Crippen LogP contribution in [0.5, 0.6) is 11.5 Å². The molecule has 0 spiro atoms. The molecule has 2 aromatic carbocycles. The molecule has 2 rings (SSSR count). The van der Waals surface area contributed by atoms with Crippen molar-refractivity contribution in [1.29, 1.82) is 0 Å². The predicted octanol–water partition coefficient (Wildman–Crippen LogP) is 2.76. The molecule has 2 aromatic rings. The van der Waals surface area contributed by atoms with Gasteiger partial charge < -0.3 is 15.0 Å². The van der Waals surface area contributed by atoms with Gasteiger partial charge in [0.05, 0.1) is 12.2 Å². The number of amides is 3. The van der Waals surface area contributed by atoms with Crippen molar-refractivity contribution in [3.05, 3.63) is 54.6 Å². The third kappa shape index (κ3) is 5.01. The summed E-state index contributed by atoms with van der Waals surface area (Å²) in [6.07, 6.45) is 0. The van der Waals surface area contributed by atoms with E-state index >= 15 is 0 Å². The maximum absolute atomic E-state index is 11.9. The molecule has 0 saturated heterocycles. The third-order valence-electron chi connectivity index (χ3n) is 3.22. The molecule has 24 heavy (non-hydrogen) atoms. The molecule has 0 unspecified atom stereocenters. The number of benzene rings is 2. The summed E-state index contributed by atoms with van der Waals surface area (Å²) in [5, 5.41) is 4.80. The van der Waals surface area contributed by atoms with E-state index in [9.17, 15) is 9.59 Å². The first kappa shape index (κ1) is 17.3. The van der Waals surface area contributed by atoms with Crippen LogP contribution < -0.4 is 20.3 Å². The van der Waals surface area contributed by atoms with E-state index < -0.39 is 11.9 Å². The summed E-state index contributed by atoms with van der Waals surface area (Å²) in [7, 11) is 1.77. The lowest BCUT2D eigenvalue weighted by Gasteiger charge is -2.21. The Labute approximate surface area is 141 Å². The van der Waals surface area contributed by atoms with Crippen LogP contribution in [0.1, 0.15) is 6.92 Å². The summed E-state index contributed by atoms with van der Waals surface area (Å²) < 4.78 is 5.88. The standard InChI is InChI=1S/C18H21N3O3/c1-3-19-18(23)20-17(22)13-21(2)15-11-7-8-12-16(15)24-14-9-5-4-6-10-14/h4-12H,3,13H2,1-2H3,(H2,19,20,22,23). The lowest BCUT2D eigenvalue weighted by molar-refractivity contribution is -0.118. The number of rotatable bonds is 6. The van der Waals surface area contributed by atoms with Crippen molar-refractivity contribution in [2.45, 2.75) is 6.92 Å². The molecular formula is C18H21N3O3. The van der Waals surface area contributed by atoms with Crippen LogP contribution in [0.25, 0.3) is 0 Å². The summed E-state index contributed by atoms with van der Waals surface area (Å²) >= 11 is 0. The topological polar surface area (TPSA) is 70.7 Å². The summed E-state index contributed by atoms with van der Waals surface area (Å²) in [5.41, 5.74) is 0.757. The van der Waals surface area contributed by atoms with Crippen molar-refractivity contribution in [3.8, 4) is 11.5 Å². The number of anilines is 1. The van der Waals surface area contributed by atoms with Gasteiger partial charge in [-0.3, -0.25) is 10.1 Å². The van der Waals surface area contributed by atoms with Gasteiger partial charge >= 0.3 is 6.03 Å². The number of hydrogen-bond acceptors (Lipinski definition) is 4. The fourth-order valence-corrected chi connectivity index (χ4v) is 2.15. The summed E-state index contributed by atoms with van der Waals surface area (Å²) in [4.78, 5) is 25.0. The van der Waals surface area contributed by atoms with Gasteiger partial charge in [0.25, 0.3) is 0 Å². The Morgan fingerprint density at radius 2 is 1.71 bits per heavy atom. The van der Waals surface area contributed by atoms with Gasteiger partial charge in [0.15, 0.2) is 5.75 Å². The number of urea groups is 1. The van der Waals surface area contributed by atoms with Gasteiger partial charge in [-0.2, -0.15) is 0 Å². The van der Waals surface area contributed by atoms with Crippen LogP contribution in [0.2, 0.25) is 0 Å². The number of carbonyl (C=O) groups excluding carboxylic acids is 2. The molecule has 6 nitrogen and oxygen atoms in total. The zero-order valence-corrected chi connectivity index (χ0v) is 13.8. The highest BCUT2D eigenvalue weighted by atomic mass is 16.5. The lowest BCUT2D eigenvalue weighted by atomic mass is 10.2. The van der Waals surface area contributed by atoms with E-state index in [1.54, 1.807) is 18.9 Å². The summed E-state index contributed by atoms with van der Waals surface area (Å²) in [6, 6.07) is 16.3. The van der Waals surface area contributed by atoms with E-state index in [1.165, 1.54) is 0 Å². The minimum Gasteiger partial charge on any atom is -0.455 e. The lowest BCUT2D eigenvalue weighted by Crippen LogP contribution is -2.43. The van der Waals surface area contributed by atoms with Gasteiger partial charge in [-0.25, -0.2) is 4.79 Å². The molecule has 3 amide bonds. The molecular weight excluding hydrogens is 306 g/mol. The molecule has 0 heterocycles. The Hall–Kier alpha value is -3.02. The van der Waals surface area contributed by atoms with Crippen molar-refractivity contribution in [1.82, 2.24) is 10.6 Å². The Morgan fingerprint density at radius 1 is 1.04 bits per heavy atom. The Kier molecular flexibility index (Phi) is 6.19. The highest BCUT2D eigenvalue weighted by molar-refractivity contribution is 5.96. The monoisotopic (exact) mass is 327 g/mol. The van der Waals surface area contributed by atoms with E-state index in [0.29, 0.717) is 18.0 Å². The van der Waals surface area contributed by atoms with Crippen LogP contribution in [0.3, 0.4) is 0 Å². The van der Waals surface area contributed by atoms with Crippen LogP contribution in [-0.4, -0.2) is 32.1 Å². The summed E-state index contributed by atoms with van der Waals surface area (Å²) in [5.74, 6) is 0.958. The average Bonchev–Trinajstić information content (AvgIpc) is 2.56. The second kappa shape index (κ2) is 8.57. The average molecular weight is 327 g/mol. The first-order valence-electron chi connectivity index (χ1n) is 7.71. The van der Waals surface area contributed by atoms with Crippen LogP contribution in [0.15, 0.2) is 54.6 Å². The molecule has 0 atom stereocenters. The largest absolute Gasteiger partial charge is 0.455 e. The second-order valence-corrected chi connectivity index (χ2v) is 5.15. The number of imide groups is 1. The Balaban J connectivity index is 2.05. The molecule has 126 valence electrons. The SMILES string of the molecule is CCNC(=O)NC(=O)CN(C)c1ccccc1Oc1ccccc1. The van der Waals surface area contributed by atoms with Crippen LogP contribution >= 0.6 is 0 Å². The number of nitrogens with zero attached hydrogens (tertiary/aromatic N) is 1. The van der Waals surface area contributed by atoms with Gasteiger partial charge in [-0.05, 0) is 31.2 Å². The number of hydrogen-bond donors (Lipinski definition) is 2. The quantitative estimate of drug-likeness (QED) is 0.856. The third-order valence-corrected chi connectivity index (χ3v) is 3.22. The number of carbonyl (C=O) groups is 2. The number of likely N-dealkylation sites (N-methyl/N-ethyl adjacent to an activating group) is 1. The highest BCUT2D eigenvalue weighted by Crippen LogP contribution is 2.31. The van der Waals surface area contributed by atoms with Gasteiger partial charge in [-0.1, -0.05) is 30.3 Å². The zero-order chi connectivity index (χ0) is 17.4. The zero-order valence-electron chi connectivity index (χ0n) is 13.8. The van der Waals surface area contributed by atoms with Gasteiger partial charge in [0, 0.05) is 13.6 Å². The first-order chi connectivity index (χ1) is 11.6. The molecule has 0 aliphatic carbocycles. The molecule has 0 aliphatic rings. The fourth-order valence-electron chi connectivity index (χ4n) is 2.15. The maximum atomic E-state index is 11.9. The Morgan fingerprint density at radius 3 is 2.42 bits per heavy atom. The molecule has 0 radical (unpaired) electrons. The fraction of sp³-hybridized carbons (Fsp3) is 0.222. The van der Waals surface area contributed by atoms with Crippen LogP contribution in [0, 0.1) is 0 Å². The smallest absolute Gasteiger partial charge is 0.321 e. The van der Waals surface area contributed by atoms with Gasteiger partial charge in [-0.15, -0.1) is 0 Å². The first-order valence-corrected chi connectivity index (χ1v) is 7.71. The van der Waals surface area contributed by atoms with E-state index in [0.717, 1.165) is 5.69 Å². The molecule has 0 bridgehead atoms. The maximum Gasteiger partial charge on any atom is 0.321 e. The van der Waals surface area contributed by atoms with Crippen molar-refractivity contribution >= 4 is 17.6 Å². The second-order valence-electron chi connectivity index (χ2n) is 5.15. The normalized spacial score (nSPS) is 9.92. The van der Waals surface area contributed by atoms with E-state index in [4.69, 9.17) is 4.74 Å². The summed E-state index contributed by atoms with van der Waals surface area (Å²) in [6.45, 7) is 2.28. The number of nitrogens with one attached hydrogen (secondary N) is 2. The van der Waals surface area contributed by atoms with Gasteiger partial charge in [0.2, 0.25) is 5.91 Å². The van der Waals surface area contributed by atoms with Crippen molar-refractivity contribution in [2.24, 2.45) is 0 Å². The van der Waals surface area contributed by atoms with E-state index in [2.05, 4.69) is 10.6 Å². The van der Waals surface area contributed by atoms with Crippen LogP contribution in [-0.2, 0) is 4.79 Å². The highest BCUT2D eigenvalue weighted by Gasteiger charge is 2.14.